The fourth-order valence-corrected chi connectivity index (χ4v) is 5.08. The predicted molar refractivity (Wildman–Crippen MR) is 90.8 cm³/mol. The molecule has 4 rings (SSSR count). The number of likely N-dealkylation sites (tertiary alicyclic amines) is 1. The van der Waals surface area contributed by atoms with E-state index in [9.17, 15) is 4.79 Å². The number of aromatic nitrogens is 2. The smallest absolute Gasteiger partial charge is 0.274 e. The number of hydrogen-bond donors (Lipinski definition) is 0. The fourth-order valence-electron chi connectivity index (χ4n) is 4.91. The Labute approximate surface area is 141 Å². The Bertz CT molecular complexity index is 797. The topological polar surface area (TPSA) is 37.6 Å². The Hall–Kier alpha value is -1.55. The van der Waals surface area contributed by atoms with Crippen molar-refractivity contribution in [1.82, 2.24) is 14.3 Å². The minimum Gasteiger partial charge on any atom is -0.334 e. The highest BCUT2D eigenvalue weighted by Gasteiger charge is 2.51. The monoisotopic (exact) mass is 331 g/mol. The molecule has 0 radical (unpaired) electrons. The molecule has 3 heterocycles. The van der Waals surface area contributed by atoms with Gasteiger partial charge in [0, 0.05) is 25.0 Å². The van der Waals surface area contributed by atoms with Gasteiger partial charge in [-0.15, -0.1) is 0 Å². The van der Waals surface area contributed by atoms with Crippen molar-refractivity contribution in [2.75, 3.05) is 6.54 Å². The summed E-state index contributed by atoms with van der Waals surface area (Å²) in [6, 6.07) is 3.97. The number of pyridine rings is 1. The number of halogens is 1. The van der Waals surface area contributed by atoms with Crippen LogP contribution in [0.25, 0.3) is 5.65 Å². The minimum atomic E-state index is 0.0521. The van der Waals surface area contributed by atoms with Crippen molar-refractivity contribution in [2.45, 2.75) is 46.1 Å². The molecule has 2 aromatic rings. The number of carbonyl (C=O) groups excluding carboxylic acids is 1. The summed E-state index contributed by atoms with van der Waals surface area (Å²) in [5.41, 5.74) is 1.82. The number of carbonyl (C=O) groups is 1. The molecule has 122 valence electrons. The first-order valence-corrected chi connectivity index (χ1v) is 8.58. The predicted octanol–water partition coefficient (Wildman–Crippen LogP) is 4.03. The lowest BCUT2D eigenvalue weighted by molar-refractivity contribution is 0.0703. The highest BCUT2D eigenvalue weighted by Crippen LogP contribution is 2.52. The van der Waals surface area contributed by atoms with Gasteiger partial charge in [-0.25, -0.2) is 4.98 Å². The molecule has 1 amide bonds. The Morgan fingerprint density at radius 3 is 2.83 bits per heavy atom. The molecular formula is C18H22ClN3O. The summed E-state index contributed by atoms with van der Waals surface area (Å²) in [5, 5.41) is 0.639. The van der Waals surface area contributed by atoms with Gasteiger partial charge in [0.15, 0.2) is 0 Å². The normalized spacial score (nSPS) is 29.2. The first kappa shape index (κ1) is 15.0. The number of rotatable bonds is 1. The summed E-state index contributed by atoms with van der Waals surface area (Å²) in [4.78, 5) is 19.6. The van der Waals surface area contributed by atoms with Crippen LogP contribution in [0.4, 0.5) is 0 Å². The minimum absolute atomic E-state index is 0.0521. The van der Waals surface area contributed by atoms with Crippen LogP contribution in [0.5, 0.6) is 0 Å². The molecule has 2 bridgehead atoms. The van der Waals surface area contributed by atoms with Crippen LogP contribution in [0.15, 0.2) is 24.5 Å². The molecule has 1 saturated carbocycles. The molecule has 0 N–H and O–H groups in total. The maximum atomic E-state index is 13.0. The summed E-state index contributed by atoms with van der Waals surface area (Å²) in [6.45, 7) is 7.79. The summed E-state index contributed by atoms with van der Waals surface area (Å²) in [5.74, 6) is 0.0521. The van der Waals surface area contributed by atoms with Crippen molar-refractivity contribution in [2.24, 2.45) is 10.8 Å². The summed E-state index contributed by atoms with van der Waals surface area (Å²) >= 11 is 6.01. The quantitative estimate of drug-likeness (QED) is 0.791. The lowest BCUT2D eigenvalue weighted by Gasteiger charge is -2.39. The second-order valence-corrected chi connectivity index (χ2v) is 8.82. The van der Waals surface area contributed by atoms with E-state index in [-0.39, 0.29) is 11.3 Å². The zero-order chi connectivity index (χ0) is 16.4. The highest BCUT2D eigenvalue weighted by molar-refractivity contribution is 6.30. The average Bonchev–Trinajstić information content (AvgIpc) is 2.94. The molecule has 0 aromatic carbocycles. The second-order valence-electron chi connectivity index (χ2n) is 8.39. The van der Waals surface area contributed by atoms with E-state index < -0.39 is 0 Å². The molecule has 23 heavy (non-hydrogen) atoms. The van der Waals surface area contributed by atoms with Gasteiger partial charge in [0.1, 0.15) is 11.3 Å². The molecule has 2 fully saturated rings. The van der Waals surface area contributed by atoms with Crippen LogP contribution in [0.2, 0.25) is 5.02 Å². The van der Waals surface area contributed by atoms with Gasteiger partial charge in [-0.2, -0.15) is 0 Å². The van der Waals surface area contributed by atoms with Gasteiger partial charge in [0.25, 0.3) is 5.91 Å². The Balaban J connectivity index is 1.66. The first-order chi connectivity index (χ1) is 10.7. The van der Waals surface area contributed by atoms with Gasteiger partial charge in [0.05, 0.1) is 5.02 Å². The van der Waals surface area contributed by atoms with Crippen LogP contribution < -0.4 is 0 Å². The summed E-state index contributed by atoms with van der Waals surface area (Å²) < 4.78 is 1.82. The standard InChI is InChI=1S/C18H22ClN3O/c1-17(2)6-13-7-18(3,10-17)11-22(13)16(23)14-9-21-8-12(19)4-5-15(21)20-14/h4-5,8-9,13H,6-7,10-11H2,1-3H3/t13-,18-/m1/s1. The van der Waals surface area contributed by atoms with E-state index in [1.165, 1.54) is 6.42 Å². The Morgan fingerprint density at radius 2 is 2.04 bits per heavy atom. The highest BCUT2D eigenvalue weighted by atomic mass is 35.5. The number of imidazole rings is 1. The largest absolute Gasteiger partial charge is 0.334 e. The van der Waals surface area contributed by atoms with Gasteiger partial charge in [0.2, 0.25) is 0 Å². The second kappa shape index (κ2) is 4.73. The maximum absolute atomic E-state index is 13.0. The fraction of sp³-hybridized carbons (Fsp3) is 0.556. The van der Waals surface area contributed by atoms with Crippen molar-refractivity contribution in [3.8, 4) is 0 Å². The van der Waals surface area contributed by atoms with E-state index in [4.69, 9.17) is 11.6 Å². The van der Waals surface area contributed by atoms with E-state index in [2.05, 4.69) is 30.7 Å². The maximum Gasteiger partial charge on any atom is 0.274 e. The van der Waals surface area contributed by atoms with Crippen LogP contribution in [0.3, 0.4) is 0 Å². The number of hydrogen-bond acceptors (Lipinski definition) is 2. The summed E-state index contributed by atoms with van der Waals surface area (Å²) in [7, 11) is 0. The van der Waals surface area contributed by atoms with Crippen molar-refractivity contribution >= 4 is 23.2 Å². The van der Waals surface area contributed by atoms with Gasteiger partial charge in [-0.3, -0.25) is 4.79 Å². The molecule has 0 spiro atoms. The van der Waals surface area contributed by atoms with Gasteiger partial charge in [-0.05, 0) is 42.2 Å². The van der Waals surface area contributed by atoms with Gasteiger partial charge < -0.3 is 9.30 Å². The number of nitrogens with zero attached hydrogens (tertiary/aromatic N) is 3. The van der Waals surface area contributed by atoms with Crippen LogP contribution in [0, 0.1) is 10.8 Å². The zero-order valence-electron chi connectivity index (χ0n) is 13.8. The van der Waals surface area contributed by atoms with Crippen LogP contribution in [0.1, 0.15) is 50.5 Å². The Kier molecular flexibility index (Phi) is 3.08. The van der Waals surface area contributed by atoms with Crippen LogP contribution >= 0.6 is 11.6 Å². The van der Waals surface area contributed by atoms with Crippen molar-refractivity contribution in [3.63, 3.8) is 0 Å². The van der Waals surface area contributed by atoms with E-state index in [0.29, 0.717) is 22.2 Å². The lowest BCUT2D eigenvalue weighted by atomic mass is 9.65. The number of amides is 1. The van der Waals surface area contributed by atoms with E-state index in [0.717, 1.165) is 25.0 Å². The Morgan fingerprint density at radius 1 is 1.26 bits per heavy atom. The molecule has 4 nitrogen and oxygen atoms in total. The third-order valence-corrected chi connectivity index (χ3v) is 5.53. The third kappa shape index (κ3) is 2.53. The molecule has 5 heteroatoms. The van der Waals surface area contributed by atoms with Gasteiger partial charge in [-0.1, -0.05) is 32.4 Å². The zero-order valence-corrected chi connectivity index (χ0v) is 14.6. The number of fused-ring (bicyclic) bond motifs is 3. The SMILES string of the molecule is CC1(C)C[C@@H]2C[C@@](C)(CN2C(=O)c2cn3cc(Cl)ccc3n2)C1. The van der Waals surface area contributed by atoms with E-state index >= 15 is 0 Å². The molecule has 1 aliphatic carbocycles. The molecule has 0 unspecified atom stereocenters. The van der Waals surface area contributed by atoms with Crippen molar-refractivity contribution < 1.29 is 4.79 Å². The van der Waals surface area contributed by atoms with Crippen LogP contribution in [-0.2, 0) is 0 Å². The molecule has 2 aromatic heterocycles. The summed E-state index contributed by atoms with van der Waals surface area (Å²) in [6.07, 6.45) is 6.95. The molecular weight excluding hydrogens is 310 g/mol. The first-order valence-electron chi connectivity index (χ1n) is 8.20. The van der Waals surface area contributed by atoms with Gasteiger partial charge >= 0.3 is 0 Å². The van der Waals surface area contributed by atoms with Crippen LogP contribution in [-0.4, -0.2) is 32.8 Å². The average molecular weight is 332 g/mol. The molecule has 1 saturated heterocycles. The molecule has 2 aliphatic rings. The van der Waals surface area contributed by atoms with E-state index in [1.54, 1.807) is 18.5 Å². The third-order valence-electron chi connectivity index (χ3n) is 5.31. The molecule has 1 aliphatic heterocycles. The van der Waals surface area contributed by atoms with Crippen molar-refractivity contribution in [3.05, 3.63) is 35.2 Å². The molecule has 2 atom stereocenters. The lowest BCUT2D eigenvalue weighted by Crippen LogP contribution is -2.37. The van der Waals surface area contributed by atoms with E-state index in [1.807, 2.05) is 10.5 Å². The van der Waals surface area contributed by atoms with Crippen molar-refractivity contribution in [1.29, 1.82) is 0 Å².